The second-order valence-corrected chi connectivity index (χ2v) is 9.67. The van der Waals surface area contributed by atoms with Gasteiger partial charge in [0.1, 0.15) is 5.82 Å². The first-order valence-corrected chi connectivity index (χ1v) is 9.98. The number of hydrogen-bond donors (Lipinski definition) is 1. The summed E-state index contributed by atoms with van der Waals surface area (Å²) in [5.41, 5.74) is 0.833. The zero-order valence-corrected chi connectivity index (χ0v) is 16.6. The molecule has 0 unspecified atom stereocenters. The average Bonchev–Trinajstić information content (AvgIpc) is 3.32. The van der Waals surface area contributed by atoms with Gasteiger partial charge in [0.15, 0.2) is 0 Å². The number of nitrogens with one attached hydrogen (secondary N) is 1. The lowest BCUT2D eigenvalue weighted by Gasteiger charge is -2.25. The van der Waals surface area contributed by atoms with E-state index in [0.717, 1.165) is 12.8 Å². The van der Waals surface area contributed by atoms with E-state index in [1.165, 1.54) is 6.07 Å². The Morgan fingerprint density at radius 2 is 2.08 bits per heavy atom. The van der Waals surface area contributed by atoms with Gasteiger partial charge in [-0.1, -0.05) is 11.6 Å². The molecule has 140 valence electrons. The zero-order chi connectivity index (χ0) is 18.8. The Balaban J connectivity index is 2.37. The van der Waals surface area contributed by atoms with Crippen molar-refractivity contribution in [2.75, 3.05) is 6.61 Å². The average molecular weight is 390 g/mol. The third-order valence-corrected chi connectivity index (χ3v) is 5.80. The van der Waals surface area contributed by atoms with Crippen LogP contribution in [0.2, 0.25) is 5.02 Å². The highest BCUT2D eigenvalue weighted by molar-refractivity contribution is 7.84. The predicted octanol–water partition coefficient (Wildman–Crippen LogP) is 4.40. The molecule has 1 aliphatic carbocycles. The molecule has 2 atom stereocenters. The van der Waals surface area contributed by atoms with Gasteiger partial charge in [-0.05, 0) is 64.2 Å². The first-order valence-electron chi connectivity index (χ1n) is 8.46. The van der Waals surface area contributed by atoms with Crippen molar-refractivity contribution in [1.29, 1.82) is 0 Å². The minimum atomic E-state index is -1.47. The van der Waals surface area contributed by atoms with Crippen molar-refractivity contribution in [3.63, 3.8) is 0 Å². The molecule has 7 heteroatoms. The van der Waals surface area contributed by atoms with E-state index >= 15 is 4.39 Å². The van der Waals surface area contributed by atoms with Crippen molar-refractivity contribution in [3.05, 3.63) is 34.1 Å². The van der Waals surface area contributed by atoms with Crippen LogP contribution in [0.25, 0.3) is 0 Å². The predicted molar refractivity (Wildman–Crippen MR) is 98.4 cm³/mol. The highest BCUT2D eigenvalue weighted by atomic mass is 35.5. The molecule has 0 spiro atoms. The van der Waals surface area contributed by atoms with Gasteiger partial charge in [0.25, 0.3) is 0 Å². The van der Waals surface area contributed by atoms with Crippen LogP contribution in [0.1, 0.15) is 70.0 Å². The third kappa shape index (κ3) is 5.50. The largest absolute Gasteiger partial charge is 0.466 e. The lowest BCUT2D eigenvalue weighted by Crippen LogP contribution is -2.37. The summed E-state index contributed by atoms with van der Waals surface area (Å²) in [6.45, 7) is 7.36. The van der Waals surface area contributed by atoms with Crippen LogP contribution in [0.5, 0.6) is 0 Å². The van der Waals surface area contributed by atoms with Crippen LogP contribution < -0.4 is 4.72 Å². The summed E-state index contributed by atoms with van der Waals surface area (Å²) in [7, 11) is -1.47. The lowest BCUT2D eigenvalue weighted by atomic mass is 9.99. The number of carbonyl (C=O) groups is 1. The van der Waals surface area contributed by atoms with Crippen LogP contribution in [0.15, 0.2) is 12.1 Å². The third-order valence-electron chi connectivity index (χ3n) is 3.97. The van der Waals surface area contributed by atoms with Crippen LogP contribution in [0.4, 0.5) is 4.39 Å². The van der Waals surface area contributed by atoms with Gasteiger partial charge in [-0.15, -0.1) is 0 Å². The summed E-state index contributed by atoms with van der Waals surface area (Å²) < 4.78 is 34.9. The van der Waals surface area contributed by atoms with Crippen molar-refractivity contribution >= 4 is 28.6 Å². The molecule has 0 aromatic heterocycles. The Bertz CT molecular complexity index is 671. The molecular weight excluding hydrogens is 365 g/mol. The highest BCUT2D eigenvalue weighted by Crippen LogP contribution is 2.43. The fraction of sp³-hybridized carbons (Fsp3) is 0.611. The molecule has 0 aliphatic heterocycles. The maximum Gasteiger partial charge on any atom is 0.307 e. The van der Waals surface area contributed by atoms with Crippen molar-refractivity contribution < 1.29 is 18.1 Å². The molecule has 1 aromatic rings. The molecule has 2 rings (SSSR count). The summed E-state index contributed by atoms with van der Waals surface area (Å²) in [4.78, 5) is 12.0. The van der Waals surface area contributed by atoms with Crippen LogP contribution in [-0.4, -0.2) is 21.5 Å². The molecule has 1 aliphatic rings. The molecule has 0 bridgehead atoms. The zero-order valence-electron chi connectivity index (χ0n) is 15.0. The van der Waals surface area contributed by atoms with E-state index in [1.54, 1.807) is 13.0 Å². The minimum Gasteiger partial charge on any atom is -0.466 e. The molecule has 1 aromatic carbocycles. The molecule has 0 heterocycles. The van der Waals surface area contributed by atoms with Gasteiger partial charge in [-0.3, -0.25) is 4.79 Å². The summed E-state index contributed by atoms with van der Waals surface area (Å²) in [6.07, 6.45) is 1.75. The Morgan fingerprint density at radius 1 is 1.44 bits per heavy atom. The summed E-state index contributed by atoms with van der Waals surface area (Å²) >= 11 is 6.18. The van der Waals surface area contributed by atoms with E-state index in [9.17, 15) is 9.00 Å². The fourth-order valence-electron chi connectivity index (χ4n) is 2.48. The number of carbonyl (C=O) groups excluding carboxylic acids is 1. The molecule has 0 amide bonds. The fourth-order valence-corrected chi connectivity index (χ4v) is 3.54. The smallest absolute Gasteiger partial charge is 0.307 e. The monoisotopic (exact) mass is 389 g/mol. The first-order chi connectivity index (χ1) is 11.6. The topological polar surface area (TPSA) is 55.4 Å². The molecule has 1 N–H and O–H groups in total. The Hall–Kier alpha value is -0.980. The lowest BCUT2D eigenvalue weighted by molar-refractivity contribution is -0.143. The Labute approximate surface area is 156 Å². The first kappa shape index (κ1) is 20.3. The highest BCUT2D eigenvalue weighted by Gasteiger charge is 2.32. The van der Waals surface area contributed by atoms with Gasteiger partial charge < -0.3 is 4.74 Å². The number of ether oxygens (including phenoxy) is 1. The van der Waals surface area contributed by atoms with Crippen LogP contribution in [0, 0.1) is 5.82 Å². The van der Waals surface area contributed by atoms with Gasteiger partial charge in [0.2, 0.25) is 0 Å². The van der Waals surface area contributed by atoms with Crippen LogP contribution >= 0.6 is 11.6 Å². The van der Waals surface area contributed by atoms with E-state index in [1.807, 2.05) is 20.8 Å². The molecule has 0 saturated heterocycles. The molecular formula is C18H25ClFNO3S. The maximum atomic E-state index is 15.0. The number of rotatable bonds is 7. The molecule has 0 radical (unpaired) electrons. The van der Waals surface area contributed by atoms with Crippen molar-refractivity contribution in [3.8, 4) is 0 Å². The van der Waals surface area contributed by atoms with E-state index in [0.29, 0.717) is 10.6 Å². The Morgan fingerprint density at radius 3 is 2.60 bits per heavy atom. The number of benzene rings is 1. The molecule has 1 fully saturated rings. The number of hydrogen-bond acceptors (Lipinski definition) is 3. The van der Waals surface area contributed by atoms with E-state index in [2.05, 4.69) is 4.72 Å². The maximum absolute atomic E-state index is 15.0. The summed E-state index contributed by atoms with van der Waals surface area (Å²) in [5.74, 6) is -0.674. The minimum absolute atomic E-state index is 0.114. The van der Waals surface area contributed by atoms with Gasteiger partial charge in [0, 0.05) is 10.6 Å². The second kappa shape index (κ2) is 8.14. The normalized spacial score (nSPS) is 17.2. The summed E-state index contributed by atoms with van der Waals surface area (Å²) in [5, 5.41) is 0.412. The molecule has 25 heavy (non-hydrogen) atoms. The van der Waals surface area contributed by atoms with Crippen LogP contribution in [-0.2, 0) is 20.5 Å². The van der Waals surface area contributed by atoms with Gasteiger partial charge in [-0.2, -0.15) is 0 Å². The van der Waals surface area contributed by atoms with E-state index in [-0.39, 0.29) is 30.3 Å². The van der Waals surface area contributed by atoms with Crippen molar-refractivity contribution in [2.45, 2.75) is 63.7 Å². The van der Waals surface area contributed by atoms with Gasteiger partial charge >= 0.3 is 5.97 Å². The van der Waals surface area contributed by atoms with Crippen molar-refractivity contribution in [1.82, 2.24) is 4.72 Å². The standard InChI is InChI=1S/C18H25ClFNO3S/c1-5-24-16(22)10-15(21-25(23)18(2,3)4)14-9-12(19)8-13(17(14)20)11-6-7-11/h8-9,11,15,21H,5-7,10H2,1-4H3/t15-,25+/m0/s1. The van der Waals surface area contributed by atoms with Gasteiger partial charge in [-0.25, -0.2) is 13.3 Å². The molecule has 4 nitrogen and oxygen atoms in total. The quantitative estimate of drug-likeness (QED) is 0.703. The summed E-state index contributed by atoms with van der Waals surface area (Å²) in [6, 6.07) is 2.37. The second-order valence-electron chi connectivity index (χ2n) is 7.23. The number of halogens is 2. The SMILES string of the molecule is CCOC(=O)C[C@H](N[S@](=O)C(C)(C)C)c1cc(Cl)cc(C2CC2)c1F. The number of esters is 1. The Kier molecular flexibility index (Phi) is 6.62. The van der Waals surface area contributed by atoms with Crippen LogP contribution in [0.3, 0.4) is 0 Å². The van der Waals surface area contributed by atoms with Crippen molar-refractivity contribution in [2.24, 2.45) is 0 Å². The van der Waals surface area contributed by atoms with E-state index in [4.69, 9.17) is 16.3 Å². The van der Waals surface area contributed by atoms with E-state index < -0.39 is 27.7 Å². The molecule has 1 saturated carbocycles. The van der Waals surface area contributed by atoms with Gasteiger partial charge in [0.05, 0.1) is 34.8 Å².